The lowest BCUT2D eigenvalue weighted by Crippen LogP contribution is -2.26. The second kappa shape index (κ2) is 8.09. The van der Waals surface area contributed by atoms with Gasteiger partial charge in [0.2, 0.25) is 5.95 Å². The minimum atomic E-state index is -0.217. The quantitative estimate of drug-likeness (QED) is 0.767. The van der Waals surface area contributed by atoms with Crippen LogP contribution in [0.2, 0.25) is 0 Å². The van der Waals surface area contributed by atoms with Crippen LogP contribution in [0.4, 0.5) is 11.6 Å². The average molecular weight is 300 g/mol. The van der Waals surface area contributed by atoms with Crippen molar-refractivity contribution in [2.75, 3.05) is 25.6 Å². The number of rotatable bonds is 7. The summed E-state index contributed by atoms with van der Waals surface area (Å²) in [6.07, 6.45) is 2.33. The predicted octanol–water partition coefficient (Wildman–Crippen LogP) is 2.29. The number of methoxy groups -OCH3 is 1. The molecule has 2 N–H and O–H groups in total. The van der Waals surface area contributed by atoms with E-state index in [-0.39, 0.29) is 5.91 Å². The van der Waals surface area contributed by atoms with Crippen molar-refractivity contribution in [1.82, 2.24) is 15.3 Å². The highest BCUT2D eigenvalue weighted by molar-refractivity contribution is 5.92. The molecule has 2 rings (SSSR count). The molecule has 0 saturated heterocycles. The number of aryl methyl sites for hydroxylation is 1. The molecule has 0 aliphatic rings. The van der Waals surface area contributed by atoms with E-state index in [9.17, 15) is 4.79 Å². The zero-order valence-electron chi connectivity index (χ0n) is 12.8. The standard InChI is InChI=1S/C16H20N4O2/c1-12-5-3-6-13(11-12)19-16-18-9-7-14(20-16)15(21)17-8-4-10-22-2/h3,5-7,9,11H,4,8,10H2,1-2H3,(H,17,21)(H,18,19,20). The molecule has 0 radical (unpaired) electrons. The van der Waals surface area contributed by atoms with E-state index in [4.69, 9.17) is 4.74 Å². The van der Waals surface area contributed by atoms with E-state index in [2.05, 4.69) is 20.6 Å². The summed E-state index contributed by atoms with van der Waals surface area (Å²) in [5, 5.41) is 5.89. The van der Waals surface area contributed by atoms with Gasteiger partial charge < -0.3 is 15.4 Å². The average Bonchev–Trinajstić information content (AvgIpc) is 2.52. The number of ether oxygens (including phenoxy) is 1. The number of carbonyl (C=O) groups is 1. The maximum Gasteiger partial charge on any atom is 0.270 e. The number of nitrogens with one attached hydrogen (secondary N) is 2. The van der Waals surface area contributed by atoms with Gasteiger partial charge in [-0.05, 0) is 37.1 Å². The molecule has 0 saturated carbocycles. The van der Waals surface area contributed by atoms with E-state index < -0.39 is 0 Å². The maximum absolute atomic E-state index is 12.0. The molecule has 0 unspecified atom stereocenters. The van der Waals surface area contributed by atoms with Gasteiger partial charge in [0.15, 0.2) is 0 Å². The first kappa shape index (κ1) is 15.9. The van der Waals surface area contributed by atoms with Gasteiger partial charge in [0.25, 0.3) is 5.91 Å². The van der Waals surface area contributed by atoms with Crippen LogP contribution in [-0.2, 0) is 4.74 Å². The van der Waals surface area contributed by atoms with Gasteiger partial charge in [-0.3, -0.25) is 4.79 Å². The largest absolute Gasteiger partial charge is 0.385 e. The molecule has 0 spiro atoms. The third-order valence-corrected chi connectivity index (χ3v) is 2.97. The summed E-state index contributed by atoms with van der Waals surface area (Å²) >= 11 is 0. The Morgan fingerprint density at radius 1 is 1.32 bits per heavy atom. The number of anilines is 2. The molecule has 0 aliphatic carbocycles. The second-order valence-electron chi connectivity index (χ2n) is 4.86. The summed E-state index contributed by atoms with van der Waals surface area (Å²) in [6, 6.07) is 9.46. The lowest BCUT2D eigenvalue weighted by Gasteiger charge is -2.07. The Kier molecular flexibility index (Phi) is 5.85. The van der Waals surface area contributed by atoms with Crippen molar-refractivity contribution in [3.63, 3.8) is 0 Å². The van der Waals surface area contributed by atoms with E-state index in [0.717, 1.165) is 17.7 Å². The summed E-state index contributed by atoms with van der Waals surface area (Å²) in [7, 11) is 1.63. The van der Waals surface area contributed by atoms with Gasteiger partial charge in [0, 0.05) is 32.1 Å². The highest BCUT2D eigenvalue weighted by Crippen LogP contribution is 2.14. The first-order chi connectivity index (χ1) is 10.7. The highest BCUT2D eigenvalue weighted by Gasteiger charge is 2.08. The Morgan fingerprint density at radius 3 is 2.95 bits per heavy atom. The van der Waals surface area contributed by atoms with Crippen molar-refractivity contribution in [2.45, 2.75) is 13.3 Å². The minimum absolute atomic E-state index is 0.217. The van der Waals surface area contributed by atoms with Gasteiger partial charge >= 0.3 is 0 Å². The van der Waals surface area contributed by atoms with Crippen LogP contribution in [-0.4, -0.2) is 36.1 Å². The Hall–Kier alpha value is -2.47. The molecule has 1 aromatic heterocycles. The van der Waals surface area contributed by atoms with Crippen LogP contribution < -0.4 is 10.6 Å². The van der Waals surface area contributed by atoms with Crippen molar-refractivity contribution in [3.8, 4) is 0 Å². The zero-order chi connectivity index (χ0) is 15.8. The molecule has 22 heavy (non-hydrogen) atoms. The van der Waals surface area contributed by atoms with Gasteiger partial charge in [0.1, 0.15) is 5.69 Å². The van der Waals surface area contributed by atoms with Gasteiger partial charge in [-0.25, -0.2) is 9.97 Å². The van der Waals surface area contributed by atoms with Gasteiger partial charge in [0.05, 0.1) is 0 Å². The van der Waals surface area contributed by atoms with Crippen molar-refractivity contribution in [3.05, 3.63) is 47.8 Å². The third-order valence-electron chi connectivity index (χ3n) is 2.97. The molecule has 0 fully saturated rings. The van der Waals surface area contributed by atoms with Crippen LogP contribution in [0.5, 0.6) is 0 Å². The number of carbonyl (C=O) groups excluding carboxylic acids is 1. The summed E-state index contributed by atoms with van der Waals surface area (Å²) < 4.78 is 4.94. The normalized spacial score (nSPS) is 10.3. The summed E-state index contributed by atoms with van der Waals surface area (Å²) in [5.74, 6) is 0.181. The van der Waals surface area contributed by atoms with Crippen molar-refractivity contribution < 1.29 is 9.53 Å². The Balaban J connectivity index is 1.98. The highest BCUT2D eigenvalue weighted by atomic mass is 16.5. The van der Waals surface area contributed by atoms with E-state index >= 15 is 0 Å². The lowest BCUT2D eigenvalue weighted by molar-refractivity contribution is 0.0943. The van der Waals surface area contributed by atoms with Crippen LogP contribution in [0, 0.1) is 6.92 Å². The second-order valence-corrected chi connectivity index (χ2v) is 4.86. The molecule has 0 bridgehead atoms. The van der Waals surface area contributed by atoms with E-state index in [1.807, 2.05) is 31.2 Å². The summed E-state index contributed by atoms with van der Waals surface area (Å²) in [6.45, 7) is 3.18. The number of aromatic nitrogens is 2. The van der Waals surface area contributed by atoms with E-state index in [1.54, 1.807) is 19.4 Å². The first-order valence-electron chi connectivity index (χ1n) is 7.13. The first-order valence-corrected chi connectivity index (χ1v) is 7.13. The van der Waals surface area contributed by atoms with Crippen molar-refractivity contribution in [1.29, 1.82) is 0 Å². The molecule has 1 heterocycles. The smallest absolute Gasteiger partial charge is 0.270 e. The number of hydrogen-bond acceptors (Lipinski definition) is 5. The molecule has 0 atom stereocenters. The zero-order valence-corrected chi connectivity index (χ0v) is 12.8. The molecule has 2 aromatic rings. The minimum Gasteiger partial charge on any atom is -0.385 e. The van der Waals surface area contributed by atoms with Crippen molar-refractivity contribution >= 4 is 17.5 Å². The molecule has 0 aliphatic heterocycles. The van der Waals surface area contributed by atoms with Crippen LogP contribution >= 0.6 is 0 Å². The maximum atomic E-state index is 12.0. The molecular formula is C16H20N4O2. The number of nitrogens with zero attached hydrogens (tertiary/aromatic N) is 2. The van der Waals surface area contributed by atoms with Gasteiger partial charge in [-0.15, -0.1) is 0 Å². The number of hydrogen-bond donors (Lipinski definition) is 2. The SMILES string of the molecule is COCCCNC(=O)c1ccnc(Nc2cccc(C)c2)n1. The fourth-order valence-corrected chi connectivity index (χ4v) is 1.91. The predicted molar refractivity (Wildman–Crippen MR) is 85.3 cm³/mol. The van der Waals surface area contributed by atoms with Gasteiger partial charge in [-0.1, -0.05) is 12.1 Å². The third kappa shape index (κ3) is 4.82. The molecule has 6 nitrogen and oxygen atoms in total. The monoisotopic (exact) mass is 300 g/mol. The Morgan fingerprint density at radius 2 is 2.18 bits per heavy atom. The summed E-state index contributed by atoms with van der Waals surface area (Å²) in [5.41, 5.74) is 2.36. The fourth-order valence-electron chi connectivity index (χ4n) is 1.91. The summed E-state index contributed by atoms with van der Waals surface area (Å²) in [4.78, 5) is 20.4. The molecule has 6 heteroatoms. The van der Waals surface area contributed by atoms with Crippen molar-refractivity contribution in [2.24, 2.45) is 0 Å². The Bertz CT molecular complexity index is 631. The topological polar surface area (TPSA) is 76.1 Å². The lowest BCUT2D eigenvalue weighted by atomic mass is 10.2. The Labute approximate surface area is 129 Å². The van der Waals surface area contributed by atoms with Crippen LogP contribution in [0.25, 0.3) is 0 Å². The number of benzene rings is 1. The van der Waals surface area contributed by atoms with Crippen LogP contribution in [0.3, 0.4) is 0 Å². The van der Waals surface area contributed by atoms with Crippen LogP contribution in [0.15, 0.2) is 36.5 Å². The van der Waals surface area contributed by atoms with Crippen LogP contribution in [0.1, 0.15) is 22.5 Å². The molecule has 116 valence electrons. The van der Waals surface area contributed by atoms with Gasteiger partial charge in [-0.2, -0.15) is 0 Å². The number of amides is 1. The molecule has 1 amide bonds. The van der Waals surface area contributed by atoms with E-state index in [0.29, 0.717) is 24.8 Å². The fraction of sp³-hybridized carbons (Fsp3) is 0.312. The van der Waals surface area contributed by atoms with E-state index in [1.165, 1.54) is 0 Å². The molecular weight excluding hydrogens is 280 g/mol. The molecule has 1 aromatic carbocycles.